The van der Waals surface area contributed by atoms with Crippen molar-refractivity contribution in [3.8, 4) is 16.9 Å². The summed E-state index contributed by atoms with van der Waals surface area (Å²) >= 11 is 5.63. The van der Waals surface area contributed by atoms with E-state index in [1.807, 2.05) is 22.9 Å². The monoisotopic (exact) mass is 416 g/mol. The molecule has 0 saturated heterocycles. The Kier molecular flexibility index (Phi) is 5.30. The molecule has 30 heavy (non-hydrogen) atoms. The summed E-state index contributed by atoms with van der Waals surface area (Å²) in [5.41, 5.74) is 5.56. The van der Waals surface area contributed by atoms with Crippen molar-refractivity contribution in [3.05, 3.63) is 71.9 Å². The molecule has 0 amide bonds. The number of hydrogen-bond acceptors (Lipinski definition) is 2. The van der Waals surface area contributed by atoms with Crippen LogP contribution in [0.3, 0.4) is 0 Å². The zero-order valence-electron chi connectivity index (χ0n) is 17.3. The van der Waals surface area contributed by atoms with E-state index in [1.54, 1.807) is 0 Å². The van der Waals surface area contributed by atoms with Crippen LogP contribution in [-0.4, -0.2) is 20.9 Å². The average molecular weight is 417 g/mol. The summed E-state index contributed by atoms with van der Waals surface area (Å²) in [6, 6.07) is 19.3. The molecule has 5 heteroatoms. The van der Waals surface area contributed by atoms with Gasteiger partial charge in [-0.2, -0.15) is 5.10 Å². The van der Waals surface area contributed by atoms with Gasteiger partial charge < -0.3 is 10.6 Å². The lowest BCUT2D eigenvalue weighted by Crippen LogP contribution is -2.43. The van der Waals surface area contributed by atoms with Gasteiger partial charge in [0.05, 0.1) is 11.4 Å². The first-order valence-electron chi connectivity index (χ1n) is 10.9. The lowest BCUT2D eigenvalue weighted by atomic mass is 9.96. The van der Waals surface area contributed by atoms with Gasteiger partial charge in [0.15, 0.2) is 5.11 Å². The molecule has 2 N–H and O–H groups in total. The molecule has 5 rings (SSSR count). The van der Waals surface area contributed by atoms with Crippen LogP contribution >= 0.6 is 12.2 Å². The van der Waals surface area contributed by atoms with Crippen molar-refractivity contribution < 1.29 is 0 Å². The van der Waals surface area contributed by atoms with Gasteiger partial charge in [-0.05, 0) is 62.4 Å². The van der Waals surface area contributed by atoms with Gasteiger partial charge in [-0.3, -0.25) is 0 Å². The number of rotatable bonds is 5. The van der Waals surface area contributed by atoms with Gasteiger partial charge in [-0.1, -0.05) is 54.4 Å². The average Bonchev–Trinajstić information content (AvgIpc) is 3.49. The molecule has 154 valence electrons. The van der Waals surface area contributed by atoms with E-state index in [1.165, 1.54) is 31.2 Å². The number of benzene rings is 2. The van der Waals surface area contributed by atoms with Crippen LogP contribution in [0.15, 0.2) is 60.8 Å². The van der Waals surface area contributed by atoms with Crippen molar-refractivity contribution in [2.75, 3.05) is 0 Å². The number of nitrogens with zero attached hydrogens (tertiary/aromatic N) is 2. The van der Waals surface area contributed by atoms with E-state index in [9.17, 15) is 0 Å². The second-order valence-corrected chi connectivity index (χ2v) is 9.17. The highest BCUT2D eigenvalue weighted by molar-refractivity contribution is 7.80. The topological polar surface area (TPSA) is 41.9 Å². The van der Waals surface area contributed by atoms with E-state index < -0.39 is 0 Å². The van der Waals surface area contributed by atoms with E-state index in [4.69, 9.17) is 17.3 Å². The molecule has 3 atom stereocenters. The quantitative estimate of drug-likeness (QED) is 0.575. The first kappa shape index (κ1) is 19.3. The van der Waals surface area contributed by atoms with Crippen LogP contribution in [0.4, 0.5) is 0 Å². The highest BCUT2D eigenvalue weighted by Gasteiger charge is 2.39. The van der Waals surface area contributed by atoms with E-state index in [0.29, 0.717) is 12.6 Å². The maximum atomic E-state index is 5.63. The standard InChI is InChI=1S/C25H28N4S/c1-17-7-10-19(11-8-17)24-21(16-29(28-24)22-5-3-2-4-6-22)15-26-25(30)27-23-14-18-9-12-20(23)13-18/h2-8,10-11,16,18,20,23H,9,12-15H2,1H3,(H2,26,27,30)/t18-,20-,23+/m0/s1. The number of nitrogens with one attached hydrogen (secondary N) is 2. The molecule has 2 aliphatic carbocycles. The van der Waals surface area contributed by atoms with Crippen LogP contribution in [0.2, 0.25) is 0 Å². The van der Waals surface area contributed by atoms with Crippen LogP contribution in [0, 0.1) is 18.8 Å². The fraction of sp³-hybridized carbons (Fsp3) is 0.360. The van der Waals surface area contributed by atoms with Crippen LogP contribution in [0.5, 0.6) is 0 Å². The Balaban J connectivity index is 1.34. The predicted octanol–water partition coefficient (Wildman–Crippen LogP) is 5.00. The second-order valence-electron chi connectivity index (χ2n) is 8.76. The Morgan fingerprint density at radius 3 is 2.57 bits per heavy atom. The van der Waals surface area contributed by atoms with Gasteiger partial charge in [-0.25, -0.2) is 4.68 Å². The summed E-state index contributed by atoms with van der Waals surface area (Å²) in [7, 11) is 0. The maximum absolute atomic E-state index is 5.63. The van der Waals surface area contributed by atoms with Crippen LogP contribution < -0.4 is 10.6 Å². The van der Waals surface area contributed by atoms with Gasteiger partial charge in [-0.15, -0.1) is 0 Å². The third-order valence-electron chi connectivity index (χ3n) is 6.63. The first-order chi connectivity index (χ1) is 14.7. The molecular formula is C25H28N4S. The first-order valence-corrected chi connectivity index (χ1v) is 11.3. The van der Waals surface area contributed by atoms with E-state index in [-0.39, 0.29) is 0 Å². The van der Waals surface area contributed by atoms with Crippen molar-refractivity contribution >= 4 is 17.3 Å². The van der Waals surface area contributed by atoms with E-state index >= 15 is 0 Å². The minimum Gasteiger partial charge on any atom is -0.360 e. The molecule has 0 unspecified atom stereocenters. The highest BCUT2D eigenvalue weighted by Crippen LogP contribution is 2.44. The van der Waals surface area contributed by atoms with Crippen molar-refractivity contribution in [2.24, 2.45) is 11.8 Å². The zero-order chi connectivity index (χ0) is 20.5. The van der Waals surface area contributed by atoms with Crippen molar-refractivity contribution in [2.45, 2.75) is 45.2 Å². The molecule has 4 nitrogen and oxygen atoms in total. The largest absolute Gasteiger partial charge is 0.360 e. The lowest BCUT2D eigenvalue weighted by Gasteiger charge is -2.24. The third-order valence-corrected chi connectivity index (χ3v) is 6.89. The van der Waals surface area contributed by atoms with Gasteiger partial charge in [0.2, 0.25) is 0 Å². The number of fused-ring (bicyclic) bond motifs is 2. The molecular weight excluding hydrogens is 388 g/mol. The summed E-state index contributed by atoms with van der Waals surface area (Å²) in [5, 5.41) is 12.7. The minimum absolute atomic E-state index is 0.548. The van der Waals surface area contributed by atoms with Crippen molar-refractivity contribution in [1.82, 2.24) is 20.4 Å². The van der Waals surface area contributed by atoms with E-state index in [0.717, 1.165) is 39.5 Å². The summed E-state index contributed by atoms with van der Waals surface area (Å²) < 4.78 is 1.96. The van der Waals surface area contributed by atoms with Crippen LogP contribution in [-0.2, 0) is 6.54 Å². The van der Waals surface area contributed by atoms with Gasteiger partial charge in [0.1, 0.15) is 0 Å². The molecule has 2 aliphatic rings. The van der Waals surface area contributed by atoms with Crippen LogP contribution in [0.1, 0.15) is 36.8 Å². The van der Waals surface area contributed by atoms with Crippen LogP contribution in [0.25, 0.3) is 16.9 Å². The van der Waals surface area contributed by atoms with Gasteiger partial charge in [0.25, 0.3) is 0 Å². The SMILES string of the molecule is Cc1ccc(-c2nn(-c3ccccc3)cc2CNC(=S)N[C@@H]2C[C@H]3CC[C@H]2C3)cc1. The number of aryl methyl sites for hydroxylation is 1. The summed E-state index contributed by atoms with van der Waals surface area (Å²) in [4.78, 5) is 0. The van der Waals surface area contributed by atoms with Gasteiger partial charge in [0, 0.05) is 29.9 Å². The number of aromatic nitrogens is 2. The molecule has 2 fully saturated rings. The molecule has 0 spiro atoms. The minimum atomic E-state index is 0.548. The maximum Gasteiger partial charge on any atom is 0.166 e. The Bertz CT molecular complexity index is 1030. The van der Waals surface area contributed by atoms with Crippen molar-refractivity contribution in [1.29, 1.82) is 0 Å². The predicted molar refractivity (Wildman–Crippen MR) is 126 cm³/mol. The molecule has 2 saturated carbocycles. The molecule has 3 aromatic rings. The number of para-hydroxylation sites is 1. The summed E-state index contributed by atoms with van der Waals surface area (Å²) in [6.07, 6.45) is 7.51. The number of thiocarbonyl (C=S) groups is 1. The summed E-state index contributed by atoms with van der Waals surface area (Å²) in [5.74, 6) is 1.71. The molecule has 2 bridgehead atoms. The molecule has 1 heterocycles. The normalized spacial score (nSPS) is 22.2. The van der Waals surface area contributed by atoms with E-state index in [2.05, 4.69) is 60.2 Å². The van der Waals surface area contributed by atoms with Gasteiger partial charge >= 0.3 is 0 Å². The second kappa shape index (κ2) is 8.23. The van der Waals surface area contributed by atoms with Crippen molar-refractivity contribution in [3.63, 3.8) is 0 Å². The molecule has 0 aliphatic heterocycles. The Morgan fingerprint density at radius 2 is 1.87 bits per heavy atom. The zero-order valence-corrected chi connectivity index (χ0v) is 18.2. The molecule has 1 aromatic heterocycles. The fourth-order valence-electron chi connectivity index (χ4n) is 5.02. The lowest BCUT2D eigenvalue weighted by molar-refractivity contribution is 0.389. The third kappa shape index (κ3) is 3.99. The Hall–Kier alpha value is -2.66. The highest BCUT2D eigenvalue weighted by atomic mass is 32.1. The molecule has 0 radical (unpaired) electrons. The smallest absolute Gasteiger partial charge is 0.166 e. The Morgan fingerprint density at radius 1 is 1.07 bits per heavy atom. The summed E-state index contributed by atoms with van der Waals surface area (Å²) in [6.45, 7) is 2.76. The Labute approximate surface area is 183 Å². The number of hydrogen-bond donors (Lipinski definition) is 2. The fourth-order valence-corrected chi connectivity index (χ4v) is 5.25. The molecule has 2 aromatic carbocycles.